The largest absolute Gasteiger partial charge is 0.301 e. The lowest BCUT2D eigenvalue weighted by molar-refractivity contribution is 1.03. The van der Waals surface area contributed by atoms with Gasteiger partial charge in [0, 0.05) is 29.5 Å². The average molecular weight is 227 g/mol. The Labute approximate surface area is 97.0 Å². The van der Waals surface area contributed by atoms with Crippen molar-refractivity contribution < 1.29 is 0 Å². The SMILES string of the molecule is c1cc(-c2ccncc2)n(-c2cscn2)c1. The molecule has 0 aliphatic rings. The Hall–Kier alpha value is -1.94. The van der Waals surface area contributed by atoms with Gasteiger partial charge in [-0.3, -0.25) is 4.98 Å². The van der Waals surface area contributed by atoms with Gasteiger partial charge in [-0.25, -0.2) is 4.98 Å². The van der Waals surface area contributed by atoms with Crippen molar-refractivity contribution in [2.24, 2.45) is 0 Å². The van der Waals surface area contributed by atoms with Gasteiger partial charge in [0.1, 0.15) is 5.82 Å². The molecule has 4 heteroatoms. The smallest absolute Gasteiger partial charge is 0.148 e. The van der Waals surface area contributed by atoms with Crippen molar-refractivity contribution >= 4 is 11.3 Å². The Morgan fingerprint density at radius 3 is 2.75 bits per heavy atom. The van der Waals surface area contributed by atoms with Crippen molar-refractivity contribution in [1.29, 1.82) is 0 Å². The molecule has 3 heterocycles. The van der Waals surface area contributed by atoms with E-state index in [-0.39, 0.29) is 0 Å². The Bertz CT molecular complexity index is 569. The average Bonchev–Trinajstić information content (AvgIpc) is 3.01. The van der Waals surface area contributed by atoms with Gasteiger partial charge >= 0.3 is 0 Å². The highest BCUT2D eigenvalue weighted by Crippen LogP contribution is 2.22. The predicted octanol–water partition coefficient (Wildman–Crippen LogP) is 3.00. The van der Waals surface area contributed by atoms with Crippen LogP contribution < -0.4 is 0 Å². The lowest BCUT2D eigenvalue weighted by atomic mass is 10.2. The van der Waals surface area contributed by atoms with Crippen molar-refractivity contribution in [1.82, 2.24) is 14.5 Å². The van der Waals surface area contributed by atoms with Crippen LogP contribution in [-0.4, -0.2) is 14.5 Å². The van der Waals surface area contributed by atoms with Gasteiger partial charge in [0.25, 0.3) is 0 Å². The van der Waals surface area contributed by atoms with Gasteiger partial charge in [0.05, 0.1) is 11.2 Å². The molecule has 0 radical (unpaired) electrons. The number of nitrogens with zero attached hydrogens (tertiary/aromatic N) is 3. The number of pyridine rings is 1. The zero-order chi connectivity index (χ0) is 10.8. The van der Waals surface area contributed by atoms with Gasteiger partial charge in [-0.2, -0.15) is 0 Å². The van der Waals surface area contributed by atoms with Gasteiger partial charge in [-0.1, -0.05) is 0 Å². The number of hydrogen-bond donors (Lipinski definition) is 0. The monoisotopic (exact) mass is 227 g/mol. The normalized spacial score (nSPS) is 10.5. The summed E-state index contributed by atoms with van der Waals surface area (Å²) in [5, 5.41) is 2.03. The molecule has 3 rings (SSSR count). The quantitative estimate of drug-likeness (QED) is 0.673. The number of rotatable bonds is 2. The summed E-state index contributed by atoms with van der Waals surface area (Å²) in [6.07, 6.45) is 5.62. The van der Waals surface area contributed by atoms with E-state index in [0.717, 1.165) is 17.1 Å². The molecule has 0 unspecified atom stereocenters. The third kappa shape index (κ3) is 1.53. The molecule has 0 spiro atoms. The molecular weight excluding hydrogens is 218 g/mol. The minimum atomic E-state index is 0.960. The van der Waals surface area contributed by atoms with Crippen LogP contribution in [0, 0.1) is 0 Å². The Morgan fingerprint density at radius 1 is 1.12 bits per heavy atom. The maximum atomic E-state index is 4.31. The van der Waals surface area contributed by atoms with Gasteiger partial charge < -0.3 is 4.57 Å². The van der Waals surface area contributed by atoms with E-state index in [0.29, 0.717) is 0 Å². The summed E-state index contributed by atoms with van der Waals surface area (Å²) in [7, 11) is 0. The second-order valence-corrected chi connectivity index (χ2v) is 4.06. The molecule has 0 atom stereocenters. The van der Waals surface area contributed by atoms with Crippen LogP contribution in [0.15, 0.2) is 53.7 Å². The highest BCUT2D eigenvalue weighted by atomic mass is 32.1. The van der Waals surface area contributed by atoms with Crippen LogP contribution in [0.25, 0.3) is 17.1 Å². The summed E-state index contributed by atoms with van der Waals surface area (Å²) in [6.45, 7) is 0. The van der Waals surface area contributed by atoms with E-state index in [2.05, 4.69) is 20.6 Å². The van der Waals surface area contributed by atoms with E-state index in [1.165, 1.54) is 0 Å². The summed E-state index contributed by atoms with van der Waals surface area (Å²) < 4.78 is 2.08. The highest BCUT2D eigenvalue weighted by Gasteiger charge is 2.06. The zero-order valence-corrected chi connectivity index (χ0v) is 9.26. The van der Waals surface area contributed by atoms with Crippen molar-refractivity contribution in [3.05, 3.63) is 53.7 Å². The molecule has 0 aromatic carbocycles. The fourth-order valence-electron chi connectivity index (χ4n) is 1.66. The van der Waals surface area contributed by atoms with E-state index in [1.807, 2.05) is 35.3 Å². The van der Waals surface area contributed by atoms with E-state index in [1.54, 1.807) is 23.7 Å². The molecule has 0 saturated carbocycles. The van der Waals surface area contributed by atoms with Crippen LogP contribution >= 0.6 is 11.3 Å². The molecule has 0 aliphatic heterocycles. The fourth-order valence-corrected chi connectivity index (χ4v) is 2.19. The first kappa shape index (κ1) is 9.30. The molecule has 0 amide bonds. The molecule has 3 nitrogen and oxygen atoms in total. The molecule has 0 N–H and O–H groups in total. The van der Waals surface area contributed by atoms with Gasteiger partial charge in [0.15, 0.2) is 0 Å². The van der Waals surface area contributed by atoms with Crippen molar-refractivity contribution in [3.63, 3.8) is 0 Å². The van der Waals surface area contributed by atoms with Crippen LogP contribution in [0.5, 0.6) is 0 Å². The Kier molecular flexibility index (Phi) is 2.27. The molecule has 0 bridgehead atoms. The number of hydrogen-bond acceptors (Lipinski definition) is 3. The topological polar surface area (TPSA) is 30.7 Å². The second-order valence-electron chi connectivity index (χ2n) is 3.35. The maximum Gasteiger partial charge on any atom is 0.148 e. The van der Waals surface area contributed by atoms with Crippen LogP contribution in [-0.2, 0) is 0 Å². The molecular formula is C12H9N3S. The van der Waals surface area contributed by atoms with E-state index in [9.17, 15) is 0 Å². The maximum absolute atomic E-state index is 4.31. The molecule has 3 aromatic rings. The standard InChI is InChI=1S/C12H9N3S/c1-2-11(10-3-5-13-6-4-10)15(7-1)12-8-16-9-14-12/h1-9H. The van der Waals surface area contributed by atoms with E-state index >= 15 is 0 Å². The van der Waals surface area contributed by atoms with Gasteiger partial charge in [-0.05, 0) is 24.3 Å². The van der Waals surface area contributed by atoms with E-state index < -0.39 is 0 Å². The first-order valence-electron chi connectivity index (χ1n) is 4.91. The second kappa shape index (κ2) is 3.90. The molecule has 16 heavy (non-hydrogen) atoms. The van der Waals surface area contributed by atoms with Crippen LogP contribution in [0.4, 0.5) is 0 Å². The third-order valence-corrected chi connectivity index (χ3v) is 2.96. The molecule has 3 aromatic heterocycles. The van der Waals surface area contributed by atoms with Crippen molar-refractivity contribution in [2.75, 3.05) is 0 Å². The lowest BCUT2D eigenvalue weighted by Gasteiger charge is -2.05. The molecule has 0 saturated heterocycles. The Balaban J connectivity index is 2.14. The third-order valence-electron chi connectivity index (χ3n) is 2.39. The number of thiazole rings is 1. The first-order chi connectivity index (χ1) is 7.95. The van der Waals surface area contributed by atoms with Crippen molar-refractivity contribution in [2.45, 2.75) is 0 Å². The summed E-state index contributed by atoms with van der Waals surface area (Å²) in [5.74, 6) is 0.960. The summed E-state index contributed by atoms with van der Waals surface area (Å²) in [6, 6.07) is 8.10. The summed E-state index contributed by atoms with van der Waals surface area (Å²) in [4.78, 5) is 8.34. The fraction of sp³-hybridized carbons (Fsp3) is 0. The molecule has 0 aliphatic carbocycles. The van der Waals surface area contributed by atoms with Gasteiger partial charge in [-0.15, -0.1) is 11.3 Å². The van der Waals surface area contributed by atoms with E-state index in [4.69, 9.17) is 0 Å². The summed E-state index contributed by atoms with van der Waals surface area (Å²) in [5.41, 5.74) is 4.12. The minimum Gasteiger partial charge on any atom is -0.301 e. The first-order valence-corrected chi connectivity index (χ1v) is 5.86. The zero-order valence-electron chi connectivity index (χ0n) is 8.45. The summed E-state index contributed by atoms with van der Waals surface area (Å²) >= 11 is 1.60. The lowest BCUT2D eigenvalue weighted by Crippen LogP contribution is -1.94. The minimum absolute atomic E-state index is 0.960. The van der Waals surface area contributed by atoms with Crippen LogP contribution in [0.2, 0.25) is 0 Å². The van der Waals surface area contributed by atoms with Crippen LogP contribution in [0.3, 0.4) is 0 Å². The Morgan fingerprint density at radius 2 is 2.00 bits per heavy atom. The van der Waals surface area contributed by atoms with Crippen molar-refractivity contribution in [3.8, 4) is 17.1 Å². The predicted molar refractivity (Wildman–Crippen MR) is 64.7 cm³/mol. The number of aromatic nitrogens is 3. The molecule has 78 valence electrons. The van der Waals surface area contributed by atoms with Crippen LogP contribution in [0.1, 0.15) is 0 Å². The van der Waals surface area contributed by atoms with Gasteiger partial charge in [0.2, 0.25) is 0 Å². The molecule has 0 fully saturated rings. The highest BCUT2D eigenvalue weighted by molar-refractivity contribution is 7.07.